The number of rotatable bonds is 5. The van der Waals surface area contributed by atoms with E-state index >= 15 is 0 Å². The Kier molecular flexibility index (Phi) is 7.47. The van der Waals surface area contributed by atoms with Crippen LogP contribution in [0.1, 0.15) is 0 Å². The fourth-order valence-corrected chi connectivity index (χ4v) is 10.5. The van der Waals surface area contributed by atoms with Crippen molar-refractivity contribution >= 4 is 102 Å². The zero-order valence-electron chi connectivity index (χ0n) is 31.6. The van der Waals surface area contributed by atoms with E-state index in [-0.39, 0.29) is 0 Å². The summed E-state index contributed by atoms with van der Waals surface area (Å²) >= 11 is 1.89. The molecule has 2 heteroatoms. The predicted octanol–water partition coefficient (Wildman–Crippen LogP) is 16.6. The van der Waals surface area contributed by atoms with E-state index in [4.69, 9.17) is 0 Å². The second kappa shape index (κ2) is 13.2. The van der Waals surface area contributed by atoms with Crippen molar-refractivity contribution in [1.82, 2.24) is 0 Å². The summed E-state index contributed by atoms with van der Waals surface area (Å²) in [6.07, 6.45) is 0. The lowest BCUT2D eigenvalue weighted by atomic mass is 9.90. The first kappa shape index (κ1) is 32.9. The SMILES string of the molecule is c1ccc2c(-c3ccc(N(c4ccc5c(-c6cc7ccccc7c7ccccc67)cccc5c4)c4ccc5sc6c7ccccc7ccc6c5c4)cc3)cccc2c1. The molecule has 0 spiro atoms. The lowest BCUT2D eigenvalue weighted by Crippen LogP contribution is -2.09. The quantitative estimate of drug-likeness (QED) is 0.158. The van der Waals surface area contributed by atoms with E-state index < -0.39 is 0 Å². The van der Waals surface area contributed by atoms with Gasteiger partial charge in [-0.05, 0) is 125 Å². The predicted molar refractivity (Wildman–Crippen MR) is 252 cm³/mol. The molecule has 0 saturated carbocycles. The maximum Gasteiger partial charge on any atom is 0.0468 e. The Morgan fingerprint density at radius 2 is 0.828 bits per heavy atom. The van der Waals surface area contributed by atoms with Gasteiger partial charge in [-0.25, -0.2) is 0 Å². The summed E-state index contributed by atoms with van der Waals surface area (Å²) in [5.74, 6) is 0. The van der Waals surface area contributed by atoms with E-state index in [0.717, 1.165) is 17.1 Å². The Morgan fingerprint density at radius 3 is 1.66 bits per heavy atom. The minimum Gasteiger partial charge on any atom is -0.310 e. The summed E-state index contributed by atoms with van der Waals surface area (Å²) in [7, 11) is 0. The average molecular weight is 754 g/mol. The molecular formula is C56H35NS. The highest BCUT2D eigenvalue weighted by atomic mass is 32.1. The van der Waals surface area contributed by atoms with E-state index in [1.807, 2.05) is 11.3 Å². The lowest BCUT2D eigenvalue weighted by molar-refractivity contribution is 1.30. The highest BCUT2D eigenvalue weighted by Crippen LogP contribution is 2.45. The van der Waals surface area contributed by atoms with Gasteiger partial charge in [0.1, 0.15) is 0 Å². The van der Waals surface area contributed by atoms with Gasteiger partial charge in [-0.2, -0.15) is 0 Å². The van der Waals surface area contributed by atoms with Gasteiger partial charge in [-0.3, -0.25) is 0 Å². The van der Waals surface area contributed by atoms with Crippen LogP contribution in [-0.4, -0.2) is 0 Å². The van der Waals surface area contributed by atoms with Crippen LogP contribution in [0.5, 0.6) is 0 Å². The molecule has 0 fully saturated rings. The van der Waals surface area contributed by atoms with Crippen molar-refractivity contribution in [2.75, 3.05) is 4.90 Å². The van der Waals surface area contributed by atoms with E-state index in [1.54, 1.807) is 0 Å². The Labute approximate surface area is 340 Å². The number of hydrogen-bond donors (Lipinski definition) is 0. The summed E-state index contributed by atoms with van der Waals surface area (Å²) in [6, 6.07) is 78.3. The normalized spacial score (nSPS) is 11.8. The first-order valence-corrected chi connectivity index (χ1v) is 20.7. The summed E-state index contributed by atoms with van der Waals surface area (Å²) in [4.78, 5) is 2.43. The lowest BCUT2D eigenvalue weighted by Gasteiger charge is -2.26. The molecular weight excluding hydrogens is 719 g/mol. The summed E-state index contributed by atoms with van der Waals surface area (Å²) in [5, 5.41) is 15.2. The monoisotopic (exact) mass is 753 g/mol. The molecule has 0 amide bonds. The standard InChI is InChI=1S/C56H35NS/c1-4-16-44-36(11-1)14-9-21-45(44)38-23-26-41(27-24-38)57(43-29-32-55-54(35-43)52-30-25-37-12-2-6-18-48(37)56(52)58-55)42-28-31-47-39(33-42)15-10-22-50(47)53-34-40-13-3-5-17-46(40)49-19-7-8-20-51(49)53/h1-35H. The molecule has 0 N–H and O–H groups in total. The molecule has 0 bridgehead atoms. The minimum atomic E-state index is 1.12. The zero-order valence-corrected chi connectivity index (χ0v) is 32.4. The Morgan fingerprint density at radius 1 is 0.276 bits per heavy atom. The van der Waals surface area contributed by atoms with Crippen LogP contribution in [0.15, 0.2) is 212 Å². The van der Waals surface area contributed by atoms with Gasteiger partial charge in [-0.15, -0.1) is 11.3 Å². The number of fused-ring (bicyclic) bond motifs is 10. The van der Waals surface area contributed by atoms with E-state index in [9.17, 15) is 0 Å². The van der Waals surface area contributed by atoms with Gasteiger partial charge in [0.05, 0.1) is 0 Å². The van der Waals surface area contributed by atoms with Crippen LogP contribution in [0.3, 0.4) is 0 Å². The topological polar surface area (TPSA) is 3.24 Å². The molecule has 0 unspecified atom stereocenters. The van der Waals surface area contributed by atoms with Gasteiger partial charge in [0.2, 0.25) is 0 Å². The number of anilines is 3. The van der Waals surface area contributed by atoms with Gasteiger partial charge in [-0.1, -0.05) is 164 Å². The fraction of sp³-hybridized carbons (Fsp3) is 0. The van der Waals surface area contributed by atoms with E-state index in [2.05, 4.69) is 217 Å². The van der Waals surface area contributed by atoms with Crippen molar-refractivity contribution in [3.8, 4) is 22.3 Å². The third-order valence-electron chi connectivity index (χ3n) is 12.0. The molecule has 12 aromatic rings. The van der Waals surface area contributed by atoms with Crippen LogP contribution in [0.25, 0.3) is 96.3 Å². The number of hydrogen-bond acceptors (Lipinski definition) is 2. The number of benzene rings is 11. The average Bonchev–Trinajstić information content (AvgIpc) is 3.67. The molecule has 1 nitrogen and oxygen atoms in total. The Balaban J connectivity index is 1.04. The summed E-state index contributed by atoms with van der Waals surface area (Å²) in [6.45, 7) is 0. The maximum absolute atomic E-state index is 2.43. The van der Waals surface area contributed by atoms with Crippen LogP contribution in [-0.2, 0) is 0 Å². The third-order valence-corrected chi connectivity index (χ3v) is 13.2. The van der Waals surface area contributed by atoms with Crippen molar-refractivity contribution in [3.05, 3.63) is 212 Å². The molecule has 0 aliphatic carbocycles. The molecule has 0 radical (unpaired) electrons. The van der Waals surface area contributed by atoms with Crippen LogP contribution >= 0.6 is 11.3 Å². The highest BCUT2D eigenvalue weighted by molar-refractivity contribution is 7.26. The van der Waals surface area contributed by atoms with E-state index in [0.29, 0.717) is 0 Å². The molecule has 0 aliphatic heterocycles. The van der Waals surface area contributed by atoms with Gasteiger partial charge < -0.3 is 4.90 Å². The van der Waals surface area contributed by atoms with Crippen molar-refractivity contribution in [1.29, 1.82) is 0 Å². The summed E-state index contributed by atoms with van der Waals surface area (Å²) < 4.78 is 2.64. The second-order valence-electron chi connectivity index (χ2n) is 15.3. The van der Waals surface area contributed by atoms with Gasteiger partial charge in [0.15, 0.2) is 0 Å². The zero-order chi connectivity index (χ0) is 38.2. The van der Waals surface area contributed by atoms with Gasteiger partial charge in [0, 0.05) is 37.2 Å². The van der Waals surface area contributed by atoms with Crippen LogP contribution < -0.4 is 4.90 Å². The summed E-state index contributed by atoms with van der Waals surface area (Å²) in [5.41, 5.74) is 8.33. The molecule has 1 heterocycles. The smallest absolute Gasteiger partial charge is 0.0468 e. The van der Waals surface area contributed by atoms with Crippen LogP contribution in [0.4, 0.5) is 17.1 Å². The van der Waals surface area contributed by atoms with E-state index in [1.165, 1.54) is 96.3 Å². The molecule has 58 heavy (non-hydrogen) atoms. The third kappa shape index (κ3) is 5.23. The van der Waals surface area contributed by atoms with Gasteiger partial charge in [0.25, 0.3) is 0 Å². The maximum atomic E-state index is 2.43. The highest BCUT2D eigenvalue weighted by Gasteiger charge is 2.18. The number of nitrogens with zero attached hydrogens (tertiary/aromatic N) is 1. The minimum absolute atomic E-state index is 1.12. The molecule has 0 atom stereocenters. The Bertz CT molecular complexity index is 3570. The van der Waals surface area contributed by atoms with Gasteiger partial charge >= 0.3 is 0 Å². The van der Waals surface area contributed by atoms with Crippen molar-refractivity contribution in [3.63, 3.8) is 0 Å². The molecule has 1 aromatic heterocycles. The molecule has 270 valence electrons. The molecule has 12 rings (SSSR count). The van der Waals surface area contributed by atoms with Crippen LogP contribution in [0, 0.1) is 0 Å². The van der Waals surface area contributed by atoms with Crippen molar-refractivity contribution in [2.45, 2.75) is 0 Å². The second-order valence-corrected chi connectivity index (χ2v) is 16.3. The van der Waals surface area contributed by atoms with Crippen LogP contribution in [0.2, 0.25) is 0 Å². The Hall–Kier alpha value is -7.26. The first-order chi connectivity index (χ1) is 28.7. The largest absolute Gasteiger partial charge is 0.310 e. The molecule has 0 saturated heterocycles. The molecule has 0 aliphatic rings. The first-order valence-electron chi connectivity index (χ1n) is 19.9. The fourth-order valence-electron chi connectivity index (χ4n) is 9.27. The van der Waals surface area contributed by atoms with Crippen molar-refractivity contribution in [2.24, 2.45) is 0 Å². The van der Waals surface area contributed by atoms with Crippen molar-refractivity contribution < 1.29 is 0 Å². The number of thiophene rings is 1. The molecule has 11 aromatic carbocycles.